The number of hydrogen-bond acceptors (Lipinski definition) is 4. The molecule has 0 bridgehead atoms. The van der Waals surface area contributed by atoms with Gasteiger partial charge < -0.3 is 9.47 Å². The van der Waals surface area contributed by atoms with E-state index in [4.69, 9.17) is 9.47 Å². The first-order valence-corrected chi connectivity index (χ1v) is 7.45. The second-order valence-electron chi connectivity index (χ2n) is 4.13. The average Bonchev–Trinajstić information content (AvgIpc) is 2.46. The number of methoxy groups -OCH3 is 2. The van der Waals surface area contributed by atoms with Crippen molar-refractivity contribution in [3.8, 4) is 11.5 Å². The molecule has 0 fully saturated rings. The Balaban J connectivity index is 2.40. The van der Waals surface area contributed by atoms with Crippen LogP contribution in [0, 0.1) is 5.82 Å². The monoisotopic (exact) mass is 311 g/mol. The van der Waals surface area contributed by atoms with E-state index in [2.05, 4.69) is 4.72 Å². The Morgan fingerprint density at radius 2 is 1.81 bits per heavy atom. The Hall–Kier alpha value is -2.28. The molecule has 0 aliphatic carbocycles. The van der Waals surface area contributed by atoms with Crippen molar-refractivity contribution in [2.24, 2.45) is 0 Å². The zero-order valence-electron chi connectivity index (χ0n) is 11.5. The van der Waals surface area contributed by atoms with Gasteiger partial charge >= 0.3 is 0 Å². The first-order chi connectivity index (χ1) is 9.96. The van der Waals surface area contributed by atoms with Crippen molar-refractivity contribution in [3.63, 3.8) is 0 Å². The number of rotatable bonds is 5. The van der Waals surface area contributed by atoms with Gasteiger partial charge in [-0.15, -0.1) is 0 Å². The van der Waals surface area contributed by atoms with E-state index in [0.29, 0.717) is 5.75 Å². The van der Waals surface area contributed by atoms with Crippen LogP contribution < -0.4 is 14.2 Å². The third-order valence-electron chi connectivity index (χ3n) is 2.74. The number of sulfonamides is 1. The summed E-state index contributed by atoms with van der Waals surface area (Å²) in [6, 6.07) is 9.51. The number of ether oxygens (including phenoxy) is 2. The van der Waals surface area contributed by atoms with Gasteiger partial charge in [0.25, 0.3) is 10.0 Å². The molecular formula is C14H14FNO4S. The predicted molar refractivity (Wildman–Crippen MR) is 76.8 cm³/mol. The molecule has 0 spiro atoms. The fraction of sp³-hybridized carbons (Fsp3) is 0.143. The number of benzene rings is 2. The number of halogens is 1. The predicted octanol–water partition coefficient (Wildman–Crippen LogP) is 2.64. The fourth-order valence-corrected chi connectivity index (χ4v) is 2.96. The van der Waals surface area contributed by atoms with Crippen LogP contribution in [0.2, 0.25) is 0 Å². The maximum Gasteiger partial charge on any atom is 0.265 e. The Morgan fingerprint density at radius 1 is 1.05 bits per heavy atom. The van der Waals surface area contributed by atoms with E-state index in [1.165, 1.54) is 50.6 Å². The maximum atomic E-state index is 13.1. The average molecular weight is 311 g/mol. The largest absolute Gasteiger partial charge is 0.497 e. The molecular weight excluding hydrogens is 297 g/mol. The molecule has 0 heterocycles. The van der Waals surface area contributed by atoms with Gasteiger partial charge in [-0.25, -0.2) is 12.8 Å². The van der Waals surface area contributed by atoms with Crippen molar-refractivity contribution in [3.05, 3.63) is 48.3 Å². The molecule has 0 aliphatic heterocycles. The lowest BCUT2D eigenvalue weighted by molar-refractivity contribution is 0.386. The Kier molecular flexibility index (Phi) is 4.32. The van der Waals surface area contributed by atoms with Gasteiger partial charge in [-0.3, -0.25) is 4.72 Å². The van der Waals surface area contributed by atoms with Gasteiger partial charge in [0.1, 0.15) is 22.2 Å². The van der Waals surface area contributed by atoms with Crippen LogP contribution in [0.5, 0.6) is 11.5 Å². The van der Waals surface area contributed by atoms with E-state index >= 15 is 0 Å². The van der Waals surface area contributed by atoms with Gasteiger partial charge in [0.15, 0.2) is 0 Å². The van der Waals surface area contributed by atoms with Gasteiger partial charge in [0.05, 0.1) is 19.9 Å². The van der Waals surface area contributed by atoms with E-state index in [9.17, 15) is 12.8 Å². The van der Waals surface area contributed by atoms with E-state index in [-0.39, 0.29) is 16.3 Å². The van der Waals surface area contributed by atoms with Crippen molar-refractivity contribution in [2.75, 3.05) is 18.9 Å². The quantitative estimate of drug-likeness (QED) is 0.922. The van der Waals surface area contributed by atoms with Crippen LogP contribution in [0.15, 0.2) is 47.4 Å². The summed E-state index contributed by atoms with van der Waals surface area (Å²) in [4.78, 5) is -0.0601. The molecule has 2 rings (SSSR count). The minimum absolute atomic E-state index is 0.0601. The fourth-order valence-electron chi connectivity index (χ4n) is 1.76. The highest BCUT2D eigenvalue weighted by Gasteiger charge is 2.20. The van der Waals surface area contributed by atoms with Crippen molar-refractivity contribution < 1.29 is 22.3 Å². The van der Waals surface area contributed by atoms with Crippen LogP contribution >= 0.6 is 0 Å². The molecule has 21 heavy (non-hydrogen) atoms. The molecule has 1 N–H and O–H groups in total. The zero-order valence-corrected chi connectivity index (χ0v) is 12.3. The summed E-state index contributed by atoms with van der Waals surface area (Å²) in [6.45, 7) is 0. The molecule has 7 heteroatoms. The summed E-state index contributed by atoms with van der Waals surface area (Å²) < 4.78 is 50.2. The first kappa shape index (κ1) is 15.1. The van der Waals surface area contributed by atoms with Crippen LogP contribution in [-0.2, 0) is 10.0 Å². The van der Waals surface area contributed by atoms with E-state index in [1.54, 1.807) is 0 Å². The van der Waals surface area contributed by atoms with Crippen molar-refractivity contribution in [1.82, 2.24) is 0 Å². The smallest absolute Gasteiger partial charge is 0.265 e. The molecule has 0 aromatic heterocycles. The lowest BCUT2D eigenvalue weighted by Crippen LogP contribution is -2.14. The summed E-state index contributed by atoms with van der Waals surface area (Å²) in [7, 11) is -1.07. The van der Waals surface area contributed by atoms with E-state index in [1.807, 2.05) is 0 Å². The molecule has 2 aromatic rings. The summed E-state index contributed by atoms with van der Waals surface area (Å²) in [6.07, 6.45) is 0. The third kappa shape index (κ3) is 3.43. The molecule has 0 unspecified atom stereocenters. The van der Waals surface area contributed by atoms with Gasteiger partial charge in [0.2, 0.25) is 0 Å². The lowest BCUT2D eigenvalue weighted by atomic mass is 10.3. The second kappa shape index (κ2) is 6.01. The van der Waals surface area contributed by atoms with Crippen LogP contribution in [0.4, 0.5) is 10.1 Å². The maximum absolute atomic E-state index is 13.1. The summed E-state index contributed by atoms with van der Waals surface area (Å²) in [5.74, 6) is 0.0757. The molecule has 0 atom stereocenters. The summed E-state index contributed by atoms with van der Waals surface area (Å²) in [5, 5.41) is 0. The van der Waals surface area contributed by atoms with Crippen LogP contribution in [0.25, 0.3) is 0 Å². The van der Waals surface area contributed by atoms with Gasteiger partial charge in [-0.2, -0.15) is 0 Å². The molecule has 0 saturated heterocycles. The standard InChI is InChI=1S/C14H14FNO4S/c1-19-12-6-7-14(13(9-12)20-2)21(17,18)16-11-5-3-4-10(15)8-11/h3-9,16H,1-2H3. The van der Waals surface area contributed by atoms with Crippen molar-refractivity contribution in [2.45, 2.75) is 4.90 Å². The van der Waals surface area contributed by atoms with Gasteiger partial charge in [0, 0.05) is 6.07 Å². The SMILES string of the molecule is COc1ccc(S(=O)(=O)Nc2cccc(F)c2)c(OC)c1. The molecule has 2 aromatic carbocycles. The Labute approximate surface area is 122 Å². The minimum atomic E-state index is -3.90. The molecule has 0 aliphatic rings. The van der Waals surface area contributed by atoms with E-state index in [0.717, 1.165) is 6.07 Å². The van der Waals surface area contributed by atoms with Crippen LogP contribution in [-0.4, -0.2) is 22.6 Å². The third-order valence-corrected chi connectivity index (χ3v) is 4.16. The molecule has 0 amide bonds. The van der Waals surface area contributed by atoms with E-state index < -0.39 is 15.8 Å². The molecule has 112 valence electrons. The Bertz CT molecular complexity index is 746. The highest BCUT2D eigenvalue weighted by atomic mass is 32.2. The van der Waals surface area contributed by atoms with Gasteiger partial charge in [-0.1, -0.05) is 6.07 Å². The topological polar surface area (TPSA) is 64.6 Å². The van der Waals surface area contributed by atoms with Crippen molar-refractivity contribution >= 4 is 15.7 Å². The number of nitrogens with one attached hydrogen (secondary N) is 1. The molecule has 0 saturated carbocycles. The lowest BCUT2D eigenvalue weighted by Gasteiger charge is -2.12. The second-order valence-corrected chi connectivity index (χ2v) is 5.78. The molecule has 5 nitrogen and oxygen atoms in total. The highest BCUT2D eigenvalue weighted by molar-refractivity contribution is 7.92. The Morgan fingerprint density at radius 3 is 2.43 bits per heavy atom. The van der Waals surface area contributed by atoms with Crippen molar-refractivity contribution in [1.29, 1.82) is 0 Å². The number of anilines is 1. The minimum Gasteiger partial charge on any atom is -0.497 e. The van der Waals surface area contributed by atoms with Gasteiger partial charge in [-0.05, 0) is 30.3 Å². The number of hydrogen-bond donors (Lipinski definition) is 1. The van der Waals surface area contributed by atoms with Crippen LogP contribution in [0.1, 0.15) is 0 Å². The first-order valence-electron chi connectivity index (χ1n) is 5.96. The molecule has 0 radical (unpaired) electrons. The van der Waals surface area contributed by atoms with Crippen LogP contribution in [0.3, 0.4) is 0 Å². The summed E-state index contributed by atoms with van der Waals surface area (Å²) >= 11 is 0. The zero-order chi connectivity index (χ0) is 15.5. The summed E-state index contributed by atoms with van der Waals surface area (Å²) in [5.41, 5.74) is 0.132. The normalized spacial score (nSPS) is 11.0. The highest BCUT2D eigenvalue weighted by Crippen LogP contribution is 2.29.